The summed E-state index contributed by atoms with van der Waals surface area (Å²) in [6, 6.07) is 15.3. The van der Waals surface area contributed by atoms with Crippen LogP contribution < -0.4 is 10.2 Å². The minimum Gasteiger partial charge on any atom is -0.366 e. The Morgan fingerprint density at radius 3 is 2.80 bits per heavy atom. The molecule has 2 aromatic carbocycles. The number of nitrogens with zero attached hydrogens (tertiary/aromatic N) is 1. The Morgan fingerprint density at radius 2 is 1.90 bits per heavy atom. The maximum absolute atomic E-state index is 3.50. The Hall–Kier alpha value is -1.80. The zero-order valence-electron chi connectivity index (χ0n) is 12.3. The molecule has 0 unspecified atom stereocenters. The molecular weight excluding hydrogens is 244 g/mol. The van der Waals surface area contributed by atoms with E-state index in [0.29, 0.717) is 0 Å². The molecule has 0 bridgehead atoms. The summed E-state index contributed by atoms with van der Waals surface area (Å²) in [7, 11) is 0. The van der Waals surface area contributed by atoms with Crippen LogP contribution in [0.3, 0.4) is 0 Å². The number of hydrogen-bond donors (Lipinski definition) is 1. The normalized spacial score (nSPS) is 14.8. The number of benzene rings is 2. The Morgan fingerprint density at radius 1 is 1.05 bits per heavy atom. The van der Waals surface area contributed by atoms with Crippen LogP contribution in [0.4, 0.5) is 5.69 Å². The van der Waals surface area contributed by atoms with E-state index in [0.717, 1.165) is 26.2 Å². The van der Waals surface area contributed by atoms with Crippen molar-refractivity contribution in [2.45, 2.75) is 26.9 Å². The lowest BCUT2D eigenvalue weighted by molar-refractivity contribution is 0.687. The van der Waals surface area contributed by atoms with Gasteiger partial charge in [0.2, 0.25) is 0 Å². The molecule has 0 saturated heterocycles. The van der Waals surface area contributed by atoms with Gasteiger partial charge in [-0.2, -0.15) is 0 Å². The van der Waals surface area contributed by atoms with Crippen LogP contribution in [0.2, 0.25) is 0 Å². The quantitative estimate of drug-likeness (QED) is 0.896. The average Bonchev–Trinajstić information content (AvgIpc) is 2.67. The monoisotopic (exact) mass is 266 g/mol. The van der Waals surface area contributed by atoms with Gasteiger partial charge in [0.15, 0.2) is 0 Å². The molecule has 0 spiro atoms. The van der Waals surface area contributed by atoms with Crippen molar-refractivity contribution in [2.24, 2.45) is 0 Å². The topological polar surface area (TPSA) is 15.3 Å². The summed E-state index contributed by atoms with van der Waals surface area (Å²) in [6.45, 7) is 8.49. The molecule has 0 fully saturated rings. The lowest BCUT2D eigenvalue weighted by atomic mass is 10.0. The summed E-state index contributed by atoms with van der Waals surface area (Å²) in [4.78, 5) is 2.50. The van der Waals surface area contributed by atoms with Crippen molar-refractivity contribution in [3.63, 3.8) is 0 Å². The highest BCUT2D eigenvalue weighted by Crippen LogP contribution is 2.25. The van der Waals surface area contributed by atoms with E-state index in [1.165, 1.54) is 27.9 Å². The van der Waals surface area contributed by atoms with Gasteiger partial charge >= 0.3 is 0 Å². The van der Waals surface area contributed by atoms with Gasteiger partial charge in [-0.05, 0) is 42.2 Å². The first-order chi connectivity index (χ1) is 9.75. The molecule has 0 aromatic heterocycles. The molecule has 0 amide bonds. The highest BCUT2D eigenvalue weighted by atomic mass is 15.2. The van der Waals surface area contributed by atoms with Gasteiger partial charge < -0.3 is 10.2 Å². The molecule has 0 atom stereocenters. The van der Waals surface area contributed by atoms with Crippen molar-refractivity contribution in [3.05, 3.63) is 64.7 Å². The molecule has 3 rings (SSSR count). The lowest BCUT2D eigenvalue weighted by Crippen LogP contribution is -2.28. The molecule has 20 heavy (non-hydrogen) atoms. The number of aryl methyl sites for hydroxylation is 1. The highest BCUT2D eigenvalue weighted by Gasteiger charge is 2.15. The molecule has 2 aromatic rings. The third kappa shape index (κ3) is 2.56. The first-order valence-electron chi connectivity index (χ1n) is 7.34. The fourth-order valence-corrected chi connectivity index (χ4v) is 2.88. The first-order valence-corrected chi connectivity index (χ1v) is 7.34. The lowest BCUT2D eigenvalue weighted by Gasteiger charge is -2.25. The van der Waals surface area contributed by atoms with Crippen LogP contribution >= 0.6 is 0 Å². The second-order valence-corrected chi connectivity index (χ2v) is 5.59. The SMILES string of the molecule is Cc1cccc(CN2CCNCc3ccccc32)c1C. The van der Waals surface area contributed by atoms with E-state index in [9.17, 15) is 0 Å². The summed E-state index contributed by atoms with van der Waals surface area (Å²) in [5, 5.41) is 3.50. The van der Waals surface area contributed by atoms with Crippen molar-refractivity contribution in [1.29, 1.82) is 0 Å². The standard InChI is InChI=1S/C18H22N2/c1-14-6-5-8-17(15(14)2)13-20-11-10-19-12-16-7-3-4-9-18(16)20/h3-9,19H,10-13H2,1-2H3. The molecule has 2 nitrogen and oxygen atoms in total. The van der Waals surface area contributed by atoms with Crippen LogP contribution in [0.15, 0.2) is 42.5 Å². The summed E-state index contributed by atoms with van der Waals surface area (Å²) in [5.74, 6) is 0. The number of anilines is 1. The Bertz CT molecular complexity index is 604. The fourth-order valence-electron chi connectivity index (χ4n) is 2.88. The van der Waals surface area contributed by atoms with Crippen molar-refractivity contribution in [3.8, 4) is 0 Å². The molecule has 1 heterocycles. The third-order valence-corrected chi connectivity index (χ3v) is 4.28. The van der Waals surface area contributed by atoms with Crippen molar-refractivity contribution in [2.75, 3.05) is 18.0 Å². The van der Waals surface area contributed by atoms with E-state index in [4.69, 9.17) is 0 Å². The van der Waals surface area contributed by atoms with Crippen LogP contribution in [0.25, 0.3) is 0 Å². The van der Waals surface area contributed by atoms with Gasteiger partial charge in [0, 0.05) is 31.9 Å². The van der Waals surface area contributed by atoms with Crippen LogP contribution in [0.5, 0.6) is 0 Å². The molecule has 0 aliphatic carbocycles. The smallest absolute Gasteiger partial charge is 0.0432 e. The number of nitrogens with one attached hydrogen (secondary N) is 1. The number of para-hydroxylation sites is 1. The van der Waals surface area contributed by atoms with Gasteiger partial charge in [-0.1, -0.05) is 36.4 Å². The summed E-state index contributed by atoms with van der Waals surface area (Å²) >= 11 is 0. The Labute approximate surface area is 121 Å². The van der Waals surface area contributed by atoms with E-state index in [-0.39, 0.29) is 0 Å². The summed E-state index contributed by atoms with van der Waals surface area (Å²) in [5.41, 5.74) is 7.00. The van der Waals surface area contributed by atoms with Gasteiger partial charge in [-0.3, -0.25) is 0 Å². The van der Waals surface area contributed by atoms with Crippen molar-refractivity contribution in [1.82, 2.24) is 5.32 Å². The predicted octanol–water partition coefficient (Wildman–Crippen LogP) is 3.41. The minimum atomic E-state index is 0.972. The number of fused-ring (bicyclic) bond motifs is 1. The second kappa shape index (κ2) is 5.68. The summed E-state index contributed by atoms with van der Waals surface area (Å²) < 4.78 is 0. The number of hydrogen-bond acceptors (Lipinski definition) is 2. The maximum atomic E-state index is 3.50. The van der Waals surface area contributed by atoms with Crippen molar-refractivity contribution < 1.29 is 0 Å². The molecule has 0 radical (unpaired) electrons. The highest BCUT2D eigenvalue weighted by molar-refractivity contribution is 5.55. The zero-order valence-corrected chi connectivity index (χ0v) is 12.3. The Balaban J connectivity index is 1.92. The minimum absolute atomic E-state index is 0.972. The average molecular weight is 266 g/mol. The van der Waals surface area contributed by atoms with Crippen LogP contribution in [-0.4, -0.2) is 13.1 Å². The molecule has 1 N–H and O–H groups in total. The van der Waals surface area contributed by atoms with E-state index in [1.54, 1.807) is 0 Å². The van der Waals surface area contributed by atoms with Crippen LogP contribution in [-0.2, 0) is 13.1 Å². The molecule has 0 saturated carbocycles. The van der Waals surface area contributed by atoms with Gasteiger partial charge in [0.1, 0.15) is 0 Å². The fraction of sp³-hybridized carbons (Fsp3) is 0.333. The third-order valence-electron chi connectivity index (χ3n) is 4.28. The van der Waals surface area contributed by atoms with Gasteiger partial charge in [0.25, 0.3) is 0 Å². The number of rotatable bonds is 2. The molecular formula is C18H22N2. The summed E-state index contributed by atoms with van der Waals surface area (Å²) in [6.07, 6.45) is 0. The van der Waals surface area contributed by atoms with E-state index in [1.807, 2.05) is 0 Å². The van der Waals surface area contributed by atoms with E-state index >= 15 is 0 Å². The second-order valence-electron chi connectivity index (χ2n) is 5.59. The van der Waals surface area contributed by atoms with E-state index < -0.39 is 0 Å². The maximum Gasteiger partial charge on any atom is 0.0432 e. The van der Waals surface area contributed by atoms with Crippen LogP contribution in [0.1, 0.15) is 22.3 Å². The molecule has 2 heteroatoms. The largest absolute Gasteiger partial charge is 0.366 e. The van der Waals surface area contributed by atoms with Crippen molar-refractivity contribution >= 4 is 5.69 Å². The van der Waals surface area contributed by atoms with Crippen LogP contribution in [0, 0.1) is 13.8 Å². The van der Waals surface area contributed by atoms with Gasteiger partial charge in [-0.25, -0.2) is 0 Å². The first kappa shape index (κ1) is 13.2. The van der Waals surface area contributed by atoms with Gasteiger partial charge in [0.05, 0.1) is 0 Å². The van der Waals surface area contributed by atoms with Gasteiger partial charge in [-0.15, -0.1) is 0 Å². The Kier molecular flexibility index (Phi) is 3.75. The zero-order chi connectivity index (χ0) is 13.9. The molecule has 1 aliphatic rings. The molecule has 104 valence electrons. The predicted molar refractivity (Wildman–Crippen MR) is 85.1 cm³/mol. The van der Waals surface area contributed by atoms with E-state index in [2.05, 4.69) is 66.5 Å². The molecule has 1 aliphatic heterocycles.